The normalized spacial score (nSPS) is 12.3. The summed E-state index contributed by atoms with van der Waals surface area (Å²) in [5.74, 6) is 0. The minimum absolute atomic E-state index is 0. The smallest absolute Gasteiger partial charge is 0 e. The SMILES string of the molecule is CC1=[C-]CC=C1.F.F.[Ir]. The summed E-state index contributed by atoms with van der Waals surface area (Å²) >= 11 is 0. The molecular weight excluding hydrogens is 302 g/mol. The Morgan fingerprint density at radius 2 is 2.00 bits per heavy atom. The quantitative estimate of drug-likeness (QED) is 0.600. The molecule has 0 amide bonds. The first kappa shape index (κ1) is 16.0. The Kier molecular flexibility index (Phi) is 14.2. The molecule has 0 heterocycles. The van der Waals surface area contributed by atoms with Gasteiger partial charge in [0.25, 0.3) is 0 Å². The zero-order valence-corrected chi connectivity index (χ0v) is 7.41. The molecule has 1 aliphatic carbocycles. The van der Waals surface area contributed by atoms with Crippen molar-refractivity contribution >= 4 is 0 Å². The van der Waals surface area contributed by atoms with Crippen molar-refractivity contribution in [3.8, 4) is 0 Å². The molecule has 1 radical (unpaired) electrons. The molecule has 1 aliphatic rings. The summed E-state index contributed by atoms with van der Waals surface area (Å²) in [6.45, 7) is 2.06. The molecule has 3 heteroatoms. The molecule has 0 spiro atoms. The van der Waals surface area contributed by atoms with Gasteiger partial charge in [0.05, 0.1) is 0 Å². The standard InChI is InChI=1S/C6H7.2FH.Ir/c1-6-4-2-3-5-6;;;/h2,4H,3H2,1H3;2*1H;/q-1;;;. The third kappa shape index (κ3) is 5.87. The number of hydrogen-bond donors (Lipinski definition) is 0. The summed E-state index contributed by atoms with van der Waals surface area (Å²) in [6.07, 6.45) is 8.33. The molecule has 0 nitrogen and oxygen atoms in total. The molecule has 57 valence electrons. The summed E-state index contributed by atoms with van der Waals surface area (Å²) in [6, 6.07) is 0. The minimum Gasteiger partial charge on any atom is -0.270 e. The van der Waals surface area contributed by atoms with Crippen molar-refractivity contribution in [2.45, 2.75) is 13.3 Å². The fraction of sp³-hybridized carbons (Fsp3) is 0.333. The van der Waals surface area contributed by atoms with Crippen molar-refractivity contribution < 1.29 is 29.5 Å². The Balaban J connectivity index is -0.000000120. The van der Waals surface area contributed by atoms with Crippen molar-refractivity contribution in [3.05, 3.63) is 23.8 Å². The van der Waals surface area contributed by atoms with E-state index in [1.165, 1.54) is 5.57 Å². The first-order chi connectivity index (χ1) is 2.89. The first-order valence-electron chi connectivity index (χ1n) is 2.13. The molecule has 9 heavy (non-hydrogen) atoms. The number of allylic oxidation sites excluding steroid dienone is 4. The van der Waals surface area contributed by atoms with Crippen molar-refractivity contribution in [2.75, 3.05) is 0 Å². The van der Waals surface area contributed by atoms with E-state index in [9.17, 15) is 0 Å². The summed E-state index contributed by atoms with van der Waals surface area (Å²) in [5, 5.41) is 0. The molecule has 0 atom stereocenters. The van der Waals surface area contributed by atoms with E-state index < -0.39 is 0 Å². The molecule has 0 N–H and O–H groups in total. The fourth-order valence-corrected chi connectivity index (χ4v) is 0.515. The van der Waals surface area contributed by atoms with Gasteiger partial charge in [-0.15, -0.1) is 6.42 Å². The van der Waals surface area contributed by atoms with Gasteiger partial charge in [-0.2, -0.15) is 6.08 Å². The maximum Gasteiger partial charge on any atom is 0 e. The van der Waals surface area contributed by atoms with Crippen LogP contribution in [-0.2, 0) is 20.1 Å². The van der Waals surface area contributed by atoms with Gasteiger partial charge in [-0.25, -0.2) is 11.6 Å². The van der Waals surface area contributed by atoms with Gasteiger partial charge in [0.2, 0.25) is 0 Å². The van der Waals surface area contributed by atoms with Gasteiger partial charge in [-0.3, -0.25) is 15.5 Å². The van der Waals surface area contributed by atoms with Crippen LogP contribution in [0.2, 0.25) is 0 Å². The molecule has 0 bridgehead atoms. The summed E-state index contributed by atoms with van der Waals surface area (Å²) in [5.41, 5.74) is 1.27. The monoisotopic (exact) mass is 312 g/mol. The molecule has 0 aromatic carbocycles. The molecule has 0 saturated carbocycles. The van der Waals surface area contributed by atoms with Crippen LogP contribution >= 0.6 is 0 Å². The maximum atomic E-state index is 3.12. The second-order valence-corrected chi connectivity index (χ2v) is 1.47. The van der Waals surface area contributed by atoms with Gasteiger partial charge >= 0.3 is 0 Å². The van der Waals surface area contributed by atoms with Crippen LogP contribution in [0.3, 0.4) is 0 Å². The van der Waals surface area contributed by atoms with Crippen molar-refractivity contribution in [1.82, 2.24) is 0 Å². The van der Waals surface area contributed by atoms with Gasteiger partial charge in [0.1, 0.15) is 0 Å². The first-order valence-corrected chi connectivity index (χ1v) is 2.13. The zero-order valence-electron chi connectivity index (χ0n) is 5.01. The second-order valence-electron chi connectivity index (χ2n) is 1.47. The molecule has 0 fully saturated rings. The fourth-order valence-electron chi connectivity index (χ4n) is 0.515. The van der Waals surface area contributed by atoms with Crippen LogP contribution < -0.4 is 0 Å². The minimum atomic E-state index is 0. The third-order valence-electron chi connectivity index (χ3n) is 0.867. The molecule has 0 saturated heterocycles. The van der Waals surface area contributed by atoms with Crippen molar-refractivity contribution in [1.29, 1.82) is 0 Å². The van der Waals surface area contributed by atoms with E-state index in [-0.39, 0.29) is 29.5 Å². The average molecular weight is 311 g/mol. The second kappa shape index (κ2) is 7.99. The largest absolute Gasteiger partial charge is 0.270 e. The Morgan fingerprint density at radius 3 is 2.11 bits per heavy atom. The van der Waals surface area contributed by atoms with Crippen LogP contribution in [0.4, 0.5) is 9.41 Å². The molecule has 0 aromatic heterocycles. The van der Waals surface area contributed by atoms with Crippen LogP contribution in [0.15, 0.2) is 17.7 Å². The summed E-state index contributed by atoms with van der Waals surface area (Å²) < 4.78 is 0. The maximum absolute atomic E-state index is 3.12. The molecular formula is C6H9F2Ir-. The van der Waals surface area contributed by atoms with Gasteiger partial charge < -0.3 is 0 Å². The van der Waals surface area contributed by atoms with Crippen LogP contribution in [0.25, 0.3) is 0 Å². The molecule has 0 aromatic rings. The van der Waals surface area contributed by atoms with E-state index >= 15 is 0 Å². The van der Waals surface area contributed by atoms with E-state index in [4.69, 9.17) is 0 Å². The number of rotatable bonds is 0. The van der Waals surface area contributed by atoms with Crippen molar-refractivity contribution in [2.24, 2.45) is 0 Å². The number of halogens is 2. The van der Waals surface area contributed by atoms with Crippen LogP contribution in [0.5, 0.6) is 0 Å². The Bertz CT molecular complexity index is 105. The van der Waals surface area contributed by atoms with E-state index in [0.717, 1.165) is 6.42 Å². The van der Waals surface area contributed by atoms with Gasteiger partial charge in [0.15, 0.2) is 0 Å². The van der Waals surface area contributed by atoms with E-state index in [0.29, 0.717) is 0 Å². The van der Waals surface area contributed by atoms with Gasteiger partial charge in [-0.05, 0) is 0 Å². The summed E-state index contributed by atoms with van der Waals surface area (Å²) in [7, 11) is 0. The van der Waals surface area contributed by atoms with E-state index in [1.54, 1.807) is 0 Å². The molecule has 0 unspecified atom stereocenters. The van der Waals surface area contributed by atoms with Crippen LogP contribution in [0.1, 0.15) is 13.3 Å². The average Bonchev–Trinajstić information content (AvgIpc) is 1.86. The summed E-state index contributed by atoms with van der Waals surface area (Å²) in [4.78, 5) is 0. The van der Waals surface area contributed by atoms with Crippen LogP contribution in [0, 0.1) is 6.08 Å². The third-order valence-corrected chi connectivity index (χ3v) is 0.867. The van der Waals surface area contributed by atoms with Gasteiger partial charge in [-0.1, -0.05) is 6.92 Å². The Labute approximate surface area is 67.1 Å². The Hall–Kier alpha value is -0.0106. The van der Waals surface area contributed by atoms with Crippen molar-refractivity contribution in [3.63, 3.8) is 0 Å². The molecule has 1 rings (SSSR count). The Morgan fingerprint density at radius 1 is 1.44 bits per heavy atom. The predicted molar refractivity (Wildman–Crippen MR) is 31.2 cm³/mol. The van der Waals surface area contributed by atoms with E-state index in [2.05, 4.69) is 25.2 Å². The predicted octanol–water partition coefficient (Wildman–Crippen LogP) is 2.00. The van der Waals surface area contributed by atoms with Gasteiger partial charge in [0, 0.05) is 20.1 Å². The molecule has 0 aliphatic heterocycles. The van der Waals surface area contributed by atoms with Crippen LogP contribution in [-0.4, -0.2) is 0 Å². The van der Waals surface area contributed by atoms with E-state index in [1.807, 2.05) is 0 Å². The zero-order chi connectivity index (χ0) is 4.41. The number of hydrogen-bond acceptors (Lipinski definition) is 0. The topological polar surface area (TPSA) is 0 Å².